The van der Waals surface area contributed by atoms with Crippen molar-refractivity contribution in [1.82, 2.24) is 0 Å². The number of carbonyl (C=O) groups excluding carboxylic acids is 1. The van der Waals surface area contributed by atoms with Gasteiger partial charge in [-0.1, -0.05) is 51.9 Å². The third kappa shape index (κ3) is 7.50. The summed E-state index contributed by atoms with van der Waals surface area (Å²) >= 11 is 0. The molecular formula is C14H28O3. The van der Waals surface area contributed by atoms with E-state index >= 15 is 0 Å². The lowest BCUT2D eigenvalue weighted by atomic mass is 10.0. The molecule has 0 spiro atoms. The third-order valence-electron chi connectivity index (χ3n) is 3.25. The largest absolute Gasteiger partial charge is 0.347 e. The van der Waals surface area contributed by atoms with Crippen molar-refractivity contribution in [2.24, 2.45) is 0 Å². The highest BCUT2D eigenvalue weighted by molar-refractivity contribution is 5.59. The molecule has 0 saturated carbocycles. The van der Waals surface area contributed by atoms with Crippen LogP contribution in [0.3, 0.4) is 0 Å². The van der Waals surface area contributed by atoms with Crippen LogP contribution in [0.2, 0.25) is 0 Å². The molecule has 0 aliphatic heterocycles. The maximum Gasteiger partial charge on any atom is 0.225 e. The summed E-state index contributed by atoms with van der Waals surface area (Å²) in [5, 5.41) is 0. The Morgan fingerprint density at radius 1 is 0.882 bits per heavy atom. The second kappa shape index (κ2) is 10.7. The minimum Gasteiger partial charge on any atom is -0.347 e. The van der Waals surface area contributed by atoms with Gasteiger partial charge in [-0.3, -0.25) is 4.79 Å². The van der Waals surface area contributed by atoms with Gasteiger partial charge in [-0.15, -0.1) is 0 Å². The minimum absolute atomic E-state index is 0.651. The fraction of sp³-hybridized carbons (Fsp3) is 0.929. The van der Waals surface area contributed by atoms with E-state index in [4.69, 9.17) is 9.47 Å². The standard InChI is InChI=1S/C14H28O3/c1-4-5-6-7-8-9-10-11-12-14(13-15,16-2)17-3/h13H,4-12H2,1-3H3. The van der Waals surface area contributed by atoms with Crippen LogP contribution < -0.4 is 0 Å². The SMILES string of the molecule is CCCCCCCCCCC(C=O)(OC)OC. The van der Waals surface area contributed by atoms with Crippen molar-refractivity contribution in [2.45, 2.75) is 70.5 Å². The van der Waals surface area contributed by atoms with Crippen molar-refractivity contribution in [3.8, 4) is 0 Å². The monoisotopic (exact) mass is 244 g/mol. The molecule has 0 saturated heterocycles. The zero-order valence-electron chi connectivity index (χ0n) is 11.7. The normalized spacial score (nSPS) is 11.7. The smallest absolute Gasteiger partial charge is 0.225 e. The average molecular weight is 244 g/mol. The molecule has 0 unspecified atom stereocenters. The number of rotatable bonds is 12. The Balaban J connectivity index is 3.46. The fourth-order valence-electron chi connectivity index (χ4n) is 1.95. The molecule has 3 heteroatoms. The van der Waals surface area contributed by atoms with Crippen molar-refractivity contribution >= 4 is 6.29 Å². The summed E-state index contributed by atoms with van der Waals surface area (Å²) in [6.45, 7) is 2.23. The Morgan fingerprint density at radius 2 is 1.35 bits per heavy atom. The van der Waals surface area contributed by atoms with Gasteiger partial charge in [0.15, 0.2) is 6.29 Å². The maximum absolute atomic E-state index is 10.9. The van der Waals surface area contributed by atoms with E-state index in [1.54, 1.807) is 0 Å². The van der Waals surface area contributed by atoms with Gasteiger partial charge < -0.3 is 9.47 Å². The summed E-state index contributed by atoms with van der Waals surface area (Å²) in [5.41, 5.74) is 0. The maximum atomic E-state index is 10.9. The first kappa shape index (κ1) is 16.6. The molecule has 3 nitrogen and oxygen atoms in total. The van der Waals surface area contributed by atoms with Gasteiger partial charge >= 0.3 is 0 Å². The van der Waals surface area contributed by atoms with E-state index in [9.17, 15) is 4.79 Å². The molecule has 0 aliphatic rings. The number of ether oxygens (including phenoxy) is 2. The van der Waals surface area contributed by atoms with Crippen LogP contribution in [0.15, 0.2) is 0 Å². The number of unbranched alkanes of at least 4 members (excludes halogenated alkanes) is 7. The van der Waals surface area contributed by atoms with Crippen molar-refractivity contribution in [2.75, 3.05) is 14.2 Å². The Labute approximate surface area is 106 Å². The van der Waals surface area contributed by atoms with Crippen LogP contribution in [0.1, 0.15) is 64.7 Å². The number of hydrogen-bond acceptors (Lipinski definition) is 3. The summed E-state index contributed by atoms with van der Waals surface area (Å²) in [6, 6.07) is 0. The highest BCUT2D eigenvalue weighted by Crippen LogP contribution is 2.18. The zero-order chi connectivity index (χ0) is 13.0. The first-order valence-corrected chi connectivity index (χ1v) is 6.81. The zero-order valence-corrected chi connectivity index (χ0v) is 11.7. The minimum atomic E-state index is -1.01. The lowest BCUT2D eigenvalue weighted by molar-refractivity contribution is -0.198. The predicted octanol–water partition coefficient (Wildman–Crippen LogP) is 3.71. The third-order valence-corrected chi connectivity index (χ3v) is 3.25. The second-order valence-corrected chi connectivity index (χ2v) is 4.56. The summed E-state index contributed by atoms with van der Waals surface area (Å²) in [7, 11) is 3.03. The van der Waals surface area contributed by atoms with Crippen LogP contribution in [-0.4, -0.2) is 26.3 Å². The van der Waals surface area contributed by atoms with Gasteiger partial charge in [0, 0.05) is 20.6 Å². The predicted molar refractivity (Wildman–Crippen MR) is 70.0 cm³/mol. The topological polar surface area (TPSA) is 35.5 Å². The van der Waals surface area contributed by atoms with E-state index in [1.165, 1.54) is 52.7 Å². The summed E-state index contributed by atoms with van der Waals surface area (Å²) in [4.78, 5) is 10.9. The molecule has 0 radical (unpaired) electrons. The Hall–Kier alpha value is -0.410. The van der Waals surface area contributed by atoms with E-state index in [0.29, 0.717) is 6.42 Å². The molecule has 0 aromatic heterocycles. The molecule has 102 valence electrons. The number of aldehydes is 1. The number of hydrogen-bond donors (Lipinski definition) is 0. The van der Waals surface area contributed by atoms with Crippen molar-refractivity contribution < 1.29 is 14.3 Å². The van der Waals surface area contributed by atoms with Gasteiger partial charge in [0.2, 0.25) is 5.79 Å². The first-order chi connectivity index (χ1) is 8.24. The molecule has 0 rings (SSSR count). The van der Waals surface area contributed by atoms with Gasteiger partial charge in [-0.25, -0.2) is 0 Å². The Morgan fingerprint density at radius 3 is 1.76 bits per heavy atom. The molecule has 0 fully saturated rings. The quantitative estimate of drug-likeness (QED) is 0.298. The van der Waals surface area contributed by atoms with E-state index < -0.39 is 5.79 Å². The first-order valence-electron chi connectivity index (χ1n) is 6.81. The van der Waals surface area contributed by atoms with Gasteiger partial charge in [0.1, 0.15) is 0 Å². The van der Waals surface area contributed by atoms with Crippen LogP contribution >= 0.6 is 0 Å². The molecule has 0 aliphatic carbocycles. The lowest BCUT2D eigenvalue weighted by Crippen LogP contribution is -2.35. The van der Waals surface area contributed by atoms with Gasteiger partial charge in [-0.05, 0) is 6.42 Å². The molecule has 0 amide bonds. The van der Waals surface area contributed by atoms with Crippen molar-refractivity contribution in [3.63, 3.8) is 0 Å². The van der Waals surface area contributed by atoms with E-state index in [-0.39, 0.29) is 0 Å². The van der Waals surface area contributed by atoms with Gasteiger partial charge in [-0.2, -0.15) is 0 Å². The number of methoxy groups -OCH3 is 2. The van der Waals surface area contributed by atoms with Crippen LogP contribution in [0.5, 0.6) is 0 Å². The van der Waals surface area contributed by atoms with Crippen LogP contribution in [0, 0.1) is 0 Å². The van der Waals surface area contributed by atoms with Crippen LogP contribution in [0.4, 0.5) is 0 Å². The molecule has 0 heterocycles. The Bertz CT molecular complexity index is 176. The molecule has 0 aromatic rings. The van der Waals surface area contributed by atoms with E-state index in [1.807, 2.05) is 0 Å². The molecule has 0 bridgehead atoms. The summed E-state index contributed by atoms with van der Waals surface area (Å²) in [6.07, 6.45) is 11.4. The molecule has 17 heavy (non-hydrogen) atoms. The number of carbonyl (C=O) groups is 1. The highest BCUT2D eigenvalue weighted by atomic mass is 16.7. The van der Waals surface area contributed by atoms with Crippen molar-refractivity contribution in [1.29, 1.82) is 0 Å². The Kier molecular flexibility index (Phi) is 10.5. The van der Waals surface area contributed by atoms with Crippen LogP contribution in [-0.2, 0) is 14.3 Å². The summed E-state index contributed by atoms with van der Waals surface area (Å²) in [5.74, 6) is -1.01. The van der Waals surface area contributed by atoms with Gasteiger partial charge in [0.05, 0.1) is 0 Å². The molecule has 0 N–H and O–H groups in total. The van der Waals surface area contributed by atoms with Gasteiger partial charge in [0.25, 0.3) is 0 Å². The van der Waals surface area contributed by atoms with E-state index in [2.05, 4.69) is 6.92 Å². The van der Waals surface area contributed by atoms with Crippen molar-refractivity contribution in [3.05, 3.63) is 0 Å². The molecule has 0 aromatic carbocycles. The van der Waals surface area contributed by atoms with Crippen LogP contribution in [0.25, 0.3) is 0 Å². The fourth-order valence-corrected chi connectivity index (χ4v) is 1.95. The lowest BCUT2D eigenvalue weighted by Gasteiger charge is -2.24. The molecular weight excluding hydrogens is 216 g/mol. The summed E-state index contributed by atoms with van der Waals surface area (Å²) < 4.78 is 10.2. The second-order valence-electron chi connectivity index (χ2n) is 4.56. The van der Waals surface area contributed by atoms with E-state index in [0.717, 1.165) is 19.1 Å². The highest BCUT2D eigenvalue weighted by Gasteiger charge is 2.27. The average Bonchev–Trinajstić information content (AvgIpc) is 2.38. The molecule has 0 atom stereocenters.